The molecule has 1 aromatic rings. The molecule has 0 radical (unpaired) electrons. The van der Waals surface area contributed by atoms with Crippen molar-refractivity contribution in [2.24, 2.45) is 5.92 Å². The van der Waals surface area contributed by atoms with Gasteiger partial charge in [0.15, 0.2) is 0 Å². The quantitative estimate of drug-likeness (QED) is 0.528. The molecular weight excluding hydrogens is 284 g/mol. The molecule has 4 N–H and O–H groups in total. The first-order valence-electron chi connectivity index (χ1n) is 7.40. The lowest BCUT2D eigenvalue weighted by Gasteiger charge is -2.22. The first-order valence-corrected chi connectivity index (χ1v) is 7.40. The van der Waals surface area contributed by atoms with E-state index in [-0.39, 0.29) is 5.92 Å². The predicted molar refractivity (Wildman–Crippen MR) is 85.0 cm³/mol. The third-order valence-electron chi connectivity index (χ3n) is 3.24. The molecule has 1 aromatic carbocycles. The number of aliphatic carboxylic acids is 2. The number of benzene rings is 1. The zero-order valence-corrected chi connectivity index (χ0v) is 13.0. The molecule has 6 nitrogen and oxygen atoms in total. The predicted octanol–water partition coefficient (Wildman–Crippen LogP) is 2.03. The van der Waals surface area contributed by atoms with E-state index in [2.05, 4.69) is 10.6 Å². The average Bonchev–Trinajstić information content (AvgIpc) is 2.45. The summed E-state index contributed by atoms with van der Waals surface area (Å²) in [5.41, 5.74) is 0.906. The van der Waals surface area contributed by atoms with Gasteiger partial charge >= 0.3 is 11.9 Å². The maximum Gasteiger partial charge on any atom is 0.320 e. The highest BCUT2D eigenvalue weighted by Crippen LogP contribution is 2.09. The SMILES string of the molecule is CC(C)CC(N[C@@H](CCNc1ccccc1)C(=O)O)C(=O)O. The molecule has 0 aliphatic heterocycles. The largest absolute Gasteiger partial charge is 0.480 e. The molecule has 0 aliphatic rings. The van der Waals surface area contributed by atoms with Crippen LogP contribution in [0.4, 0.5) is 5.69 Å². The van der Waals surface area contributed by atoms with Crippen LogP contribution in [0, 0.1) is 5.92 Å². The molecular formula is C16H24N2O4. The summed E-state index contributed by atoms with van der Waals surface area (Å²) in [7, 11) is 0. The number of carbonyl (C=O) groups is 2. The Bertz CT molecular complexity index is 476. The first kappa shape index (κ1) is 18.0. The second-order valence-electron chi connectivity index (χ2n) is 5.66. The molecule has 0 heterocycles. The van der Waals surface area contributed by atoms with Crippen molar-refractivity contribution in [1.82, 2.24) is 5.32 Å². The Morgan fingerprint density at radius 3 is 2.14 bits per heavy atom. The molecule has 0 fully saturated rings. The van der Waals surface area contributed by atoms with Gasteiger partial charge in [0.25, 0.3) is 0 Å². The summed E-state index contributed by atoms with van der Waals surface area (Å²) in [4.78, 5) is 22.5. The molecule has 1 unspecified atom stereocenters. The summed E-state index contributed by atoms with van der Waals surface area (Å²) in [6.45, 7) is 4.26. The molecule has 22 heavy (non-hydrogen) atoms. The van der Waals surface area contributed by atoms with E-state index in [0.29, 0.717) is 19.4 Å². The van der Waals surface area contributed by atoms with E-state index >= 15 is 0 Å². The fraction of sp³-hybridized carbons (Fsp3) is 0.500. The molecule has 0 aromatic heterocycles. The Morgan fingerprint density at radius 1 is 1.05 bits per heavy atom. The van der Waals surface area contributed by atoms with Gasteiger partial charge in [-0.3, -0.25) is 14.9 Å². The van der Waals surface area contributed by atoms with Crippen LogP contribution in [0.1, 0.15) is 26.7 Å². The highest BCUT2D eigenvalue weighted by Gasteiger charge is 2.26. The standard InChI is InChI=1S/C16H24N2O4/c1-11(2)10-14(16(21)22)18-13(15(19)20)8-9-17-12-6-4-3-5-7-12/h3-7,11,13-14,17-18H,8-10H2,1-2H3,(H,19,20)(H,21,22)/t13-,14?/m0/s1. The van der Waals surface area contributed by atoms with Crippen LogP contribution in [0.2, 0.25) is 0 Å². The Hall–Kier alpha value is -2.08. The lowest BCUT2D eigenvalue weighted by Crippen LogP contribution is -2.48. The van der Waals surface area contributed by atoms with Crippen molar-refractivity contribution in [3.8, 4) is 0 Å². The smallest absolute Gasteiger partial charge is 0.320 e. The molecule has 122 valence electrons. The van der Waals surface area contributed by atoms with Gasteiger partial charge in [-0.15, -0.1) is 0 Å². The topological polar surface area (TPSA) is 98.7 Å². The van der Waals surface area contributed by atoms with E-state index in [9.17, 15) is 19.8 Å². The van der Waals surface area contributed by atoms with Crippen LogP contribution in [0.5, 0.6) is 0 Å². The number of para-hydroxylation sites is 1. The lowest BCUT2D eigenvalue weighted by atomic mass is 10.0. The number of hydrogen-bond donors (Lipinski definition) is 4. The Kier molecular flexibility index (Phi) is 7.39. The summed E-state index contributed by atoms with van der Waals surface area (Å²) < 4.78 is 0. The minimum Gasteiger partial charge on any atom is -0.480 e. The zero-order valence-electron chi connectivity index (χ0n) is 13.0. The van der Waals surface area contributed by atoms with Crippen molar-refractivity contribution in [2.75, 3.05) is 11.9 Å². The summed E-state index contributed by atoms with van der Waals surface area (Å²) in [6.07, 6.45) is 0.692. The number of carboxylic acid groups (broad SMARTS) is 2. The fourth-order valence-corrected chi connectivity index (χ4v) is 2.15. The van der Waals surface area contributed by atoms with Crippen molar-refractivity contribution in [3.63, 3.8) is 0 Å². The Balaban J connectivity index is 2.53. The minimum absolute atomic E-state index is 0.172. The third kappa shape index (κ3) is 6.58. The van der Waals surface area contributed by atoms with Gasteiger partial charge in [0.05, 0.1) is 0 Å². The van der Waals surface area contributed by atoms with Crippen LogP contribution in [0.15, 0.2) is 30.3 Å². The summed E-state index contributed by atoms with van der Waals surface area (Å²) in [6, 6.07) is 7.71. The first-order chi connectivity index (χ1) is 10.4. The Morgan fingerprint density at radius 2 is 1.64 bits per heavy atom. The molecule has 0 bridgehead atoms. The van der Waals surface area contributed by atoms with Gasteiger partial charge in [-0.05, 0) is 30.9 Å². The van der Waals surface area contributed by atoms with Crippen molar-refractivity contribution < 1.29 is 19.8 Å². The van der Waals surface area contributed by atoms with Crippen LogP contribution in [-0.2, 0) is 9.59 Å². The second kappa shape index (κ2) is 9.04. The van der Waals surface area contributed by atoms with Crippen molar-refractivity contribution in [2.45, 2.75) is 38.8 Å². The summed E-state index contributed by atoms with van der Waals surface area (Å²) in [5.74, 6) is -1.88. The molecule has 2 atom stereocenters. The van der Waals surface area contributed by atoms with E-state index < -0.39 is 24.0 Å². The second-order valence-corrected chi connectivity index (χ2v) is 5.66. The zero-order chi connectivity index (χ0) is 16.5. The normalized spacial score (nSPS) is 13.6. The maximum atomic E-state index is 11.3. The number of hydrogen-bond acceptors (Lipinski definition) is 4. The van der Waals surface area contributed by atoms with E-state index in [1.807, 2.05) is 44.2 Å². The highest BCUT2D eigenvalue weighted by molar-refractivity contribution is 5.77. The van der Waals surface area contributed by atoms with Crippen LogP contribution in [0.3, 0.4) is 0 Å². The van der Waals surface area contributed by atoms with Crippen molar-refractivity contribution >= 4 is 17.6 Å². The van der Waals surface area contributed by atoms with Crippen LogP contribution < -0.4 is 10.6 Å². The van der Waals surface area contributed by atoms with Gasteiger partial charge in [0, 0.05) is 12.2 Å². The van der Waals surface area contributed by atoms with Crippen LogP contribution in [-0.4, -0.2) is 40.8 Å². The number of carboxylic acids is 2. The molecule has 0 aliphatic carbocycles. The fourth-order valence-electron chi connectivity index (χ4n) is 2.15. The average molecular weight is 308 g/mol. The van der Waals surface area contributed by atoms with E-state index in [1.54, 1.807) is 0 Å². The molecule has 6 heteroatoms. The minimum atomic E-state index is -1.04. The summed E-state index contributed by atoms with van der Waals surface area (Å²) >= 11 is 0. The van der Waals surface area contributed by atoms with E-state index in [0.717, 1.165) is 5.69 Å². The van der Waals surface area contributed by atoms with Gasteiger partial charge in [-0.2, -0.15) is 0 Å². The third-order valence-corrected chi connectivity index (χ3v) is 3.24. The summed E-state index contributed by atoms with van der Waals surface area (Å²) in [5, 5.41) is 24.3. The molecule has 0 spiro atoms. The van der Waals surface area contributed by atoms with E-state index in [1.165, 1.54) is 0 Å². The Labute approximate surface area is 130 Å². The monoisotopic (exact) mass is 308 g/mol. The molecule has 1 rings (SSSR count). The van der Waals surface area contributed by atoms with Crippen LogP contribution in [0.25, 0.3) is 0 Å². The van der Waals surface area contributed by atoms with Gasteiger partial charge in [-0.1, -0.05) is 32.0 Å². The van der Waals surface area contributed by atoms with Crippen LogP contribution >= 0.6 is 0 Å². The van der Waals surface area contributed by atoms with Gasteiger partial charge in [0.1, 0.15) is 12.1 Å². The van der Waals surface area contributed by atoms with E-state index in [4.69, 9.17) is 0 Å². The molecule has 0 saturated heterocycles. The lowest BCUT2D eigenvalue weighted by molar-refractivity contribution is -0.143. The van der Waals surface area contributed by atoms with Gasteiger partial charge in [-0.25, -0.2) is 0 Å². The van der Waals surface area contributed by atoms with Crippen molar-refractivity contribution in [3.05, 3.63) is 30.3 Å². The molecule has 0 amide bonds. The highest BCUT2D eigenvalue weighted by atomic mass is 16.4. The van der Waals surface area contributed by atoms with Gasteiger partial charge in [0.2, 0.25) is 0 Å². The number of rotatable bonds is 10. The van der Waals surface area contributed by atoms with Gasteiger partial charge < -0.3 is 15.5 Å². The maximum absolute atomic E-state index is 11.3. The number of anilines is 1. The van der Waals surface area contributed by atoms with Crippen molar-refractivity contribution in [1.29, 1.82) is 0 Å². The molecule has 0 saturated carbocycles. The number of nitrogens with one attached hydrogen (secondary N) is 2.